The molecule has 2 heterocycles. The van der Waals surface area contributed by atoms with Gasteiger partial charge in [0, 0.05) is 19.3 Å². The van der Waals surface area contributed by atoms with Crippen molar-refractivity contribution in [2.75, 3.05) is 26.3 Å². The van der Waals surface area contributed by atoms with Crippen LogP contribution in [0.25, 0.3) is 0 Å². The summed E-state index contributed by atoms with van der Waals surface area (Å²) in [4.78, 5) is 13.0. The number of carbonyl (C=O) groups excluding carboxylic acids is 1. The lowest BCUT2D eigenvalue weighted by atomic mass is 9.73. The fourth-order valence-electron chi connectivity index (χ4n) is 3.41. The molecule has 1 aromatic rings. The van der Waals surface area contributed by atoms with Crippen LogP contribution in [-0.4, -0.2) is 38.3 Å². The smallest absolute Gasteiger partial charge is 0.231 e. The van der Waals surface area contributed by atoms with E-state index in [9.17, 15) is 4.79 Å². The van der Waals surface area contributed by atoms with Gasteiger partial charge in [-0.25, -0.2) is 0 Å². The summed E-state index contributed by atoms with van der Waals surface area (Å²) >= 11 is 0. The molecule has 2 fully saturated rings. The molecule has 2 aliphatic rings. The molecule has 3 rings (SSSR count). The lowest BCUT2D eigenvalue weighted by Gasteiger charge is -2.38. The monoisotopic (exact) mass is 288 g/mol. The summed E-state index contributed by atoms with van der Waals surface area (Å²) in [6, 6.07) is 10.5. The molecule has 0 bridgehead atoms. The minimum absolute atomic E-state index is 0.184. The van der Waals surface area contributed by atoms with Crippen LogP contribution in [0.15, 0.2) is 30.3 Å². The molecule has 0 aromatic heterocycles. The number of carbonyl (C=O) groups is 1. The molecular formula is C17H24N2O2. The first-order valence-electron chi connectivity index (χ1n) is 7.96. The zero-order valence-corrected chi connectivity index (χ0v) is 12.4. The summed E-state index contributed by atoms with van der Waals surface area (Å²) in [5, 5.41) is 6.63. The Morgan fingerprint density at radius 3 is 2.48 bits per heavy atom. The normalized spacial score (nSPS) is 22.7. The first kappa shape index (κ1) is 14.5. The van der Waals surface area contributed by atoms with E-state index in [1.165, 1.54) is 0 Å². The van der Waals surface area contributed by atoms with Gasteiger partial charge in [-0.3, -0.25) is 4.79 Å². The van der Waals surface area contributed by atoms with Crippen molar-refractivity contribution in [3.8, 4) is 0 Å². The van der Waals surface area contributed by atoms with Crippen molar-refractivity contribution in [2.24, 2.45) is 0 Å². The summed E-state index contributed by atoms with van der Waals surface area (Å²) < 4.78 is 5.50. The minimum atomic E-state index is -0.412. The topological polar surface area (TPSA) is 50.4 Å². The molecule has 4 heteroatoms. The Hall–Kier alpha value is -1.39. The second-order valence-corrected chi connectivity index (χ2v) is 6.06. The third kappa shape index (κ3) is 3.11. The molecule has 0 spiro atoms. The highest BCUT2D eigenvalue weighted by atomic mass is 16.5. The Bertz CT molecular complexity index is 463. The molecule has 2 aliphatic heterocycles. The zero-order valence-electron chi connectivity index (χ0n) is 12.4. The Labute approximate surface area is 126 Å². The van der Waals surface area contributed by atoms with Crippen LogP contribution in [0.1, 0.15) is 31.2 Å². The van der Waals surface area contributed by atoms with Gasteiger partial charge in [0.15, 0.2) is 0 Å². The van der Waals surface area contributed by atoms with Crippen LogP contribution in [0.3, 0.4) is 0 Å². The second-order valence-electron chi connectivity index (χ2n) is 6.06. The molecule has 114 valence electrons. The van der Waals surface area contributed by atoms with Gasteiger partial charge in [-0.1, -0.05) is 30.3 Å². The zero-order chi connectivity index (χ0) is 14.5. The molecule has 2 N–H and O–H groups in total. The molecule has 0 atom stereocenters. The maximum absolute atomic E-state index is 13.0. The summed E-state index contributed by atoms with van der Waals surface area (Å²) in [5.41, 5.74) is 0.712. The van der Waals surface area contributed by atoms with Gasteiger partial charge in [0.25, 0.3) is 0 Å². The predicted molar refractivity (Wildman–Crippen MR) is 82.2 cm³/mol. The fraction of sp³-hybridized carbons (Fsp3) is 0.588. The highest BCUT2D eigenvalue weighted by Gasteiger charge is 2.42. The lowest BCUT2D eigenvalue weighted by Crippen LogP contribution is -2.52. The van der Waals surface area contributed by atoms with Gasteiger partial charge in [-0.15, -0.1) is 0 Å². The third-order valence-corrected chi connectivity index (χ3v) is 4.78. The van der Waals surface area contributed by atoms with Crippen molar-refractivity contribution < 1.29 is 9.53 Å². The van der Waals surface area contributed by atoms with E-state index in [0.29, 0.717) is 19.3 Å². The van der Waals surface area contributed by atoms with Crippen molar-refractivity contribution in [1.82, 2.24) is 10.6 Å². The van der Waals surface area contributed by atoms with Crippen LogP contribution in [0, 0.1) is 0 Å². The maximum atomic E-state index is 13.0. The standard InChI is InChI=1S/C17H24N2O2/c20-16(19-15-6-10-18-11-7-15)17(8-12-21-13-9-17)14-4-2-1-3-5-14/h1-5,15,18H,6-13H2,(H,19,20). The number of hydrogen-bond acceptors (Lipinski definition) is 3. The molecule has 0 unspecified atom stereocenters. The quantitative estimate of drug-likeness (QED) is 0.888. The van der Waals surface area contributed by atoms with E-state index in [1.54, 1.807) is 0 Å². The van der Waals surface area contributed by atoms with E-state index in [-0.39, 0.29) is 5.91 Å². The van der Waals surface area contributed by atoms with E-state index in [1.807, 2.05) is 18.2 Å². The Kier molecular flexibility index (Phi) is 4.56. The maximum Gasteiger partial charge on any atom is 0.231 e. The number of nitrogens with one attached hydrogen (secondary N) is 2. The average molecular weight is 288 g/mol. The van der Waals surface area contributed by atoms with Crippen LogP contribution in [0.5, 0.6) is 0 Å². The SMILES string of the molecule is O=C(NC1CCNCC1)C1(c2ccccc2)CCOCC1. The largest absolute Gasteiger partial charge is 0.381 e. The molecule has 0 radical (unpaired) electrons. The first-order valence-corrected chi connectivity index (χ1v) is 7.96. The van der Waals surface area contributed by atoms with Crippen molar-refractivity contribution in [2.45, 2.75) is 37.1 Å². The third-order valence-electron chi connectivity index (χ3n) is 4.78. The highest BCUT2D eigenvalue weighted by molar-refractivity contribution is 5.88. The van der Waals surface area contributed by atoms with Crippen molar-refractivity contribution in [3.63, 3.8) is 0 Å². The second kappa shape index (κ2) is 6.58. The Morgan fingerprint density at radius 1 is 1.14 bits per heavy atom. The van der Waals surface area contributed by atoms with Crippen molar-refractivity contribution in [3.05, 3.63) is 35.9 Å². The van der Waals surface area contributed by atoms with Crippen LogP contribution in [0.4, 0.5) is 0 Å². The highest BCUT2D eigenvalue weighted by Crippen LogP contribution is 2.35. The van der Waals surface area contributed by atoms with Gasteiger partial charge in [-0.05, 0) is 44.3 Å². The van der Waals surface area contributed by atoms with Crippen molar-refractivity contribution in [1.29, 1.82) is 0 Å². The number of piperidine rings is 1. The Morgan fingerprint density at radius 2 is 1.81 bits per heavy atom. The predicted octanol–water partition coefficient (Wildman–Crippen LogP) is 1.60. The van der Waals surface area contributed by atoms with E-state index in [0.717, 1.165) is 44.3 Å². The van der Waals surface area contributed by atoms with E-state index < -0.39 is 5.41 Å². The van der Waals surface area contributed by atoms with Crippen LogP contribution >= 0.6 is 0 Å². The Balaban J connectivity index is 1.79. The lowest BCUT2D eigenvalue weighted by molar-refractivity contribution is -0.131. The van der Waals surface area contributed by atoms with E-state index >= 15 is 0 Å². The molecule has 0 aliphatic carbocycles. The molecule has 4 nitrogen and oxygen atoms in total. The van der Waals surface area contributed by atoms with Crippen LogP contribution in [-0.2, 0) is 14.9 Å². The van der Waals surface area contributed by atoms with E-state index in [4.69, 9.17) is 4.74 Å². The van der Waals surface area contributed by atoms with Gasteiger partial charge in [-0.2, -0.15) is 0 Å². The van der Waals surface area contributed by atoms with Gasteiger partial charge in [0.2, 0.25) is 5.91 Å². The molecule has 1 amide bonds. The number of rotatable bonds is 3. The fourth-order valence-corrected chi connectivity index (χ4v) is 3.41. The summed E-state index contributed by atoms with van der Waals surface area (Å²) in [7, 11) is 0. The number of amides is 1. The molecule has 0 saturated carbocycles. The van der Waals surface area contributed by atoms with E-state index in [2.05, 4.69) is 22.8 Å². The van der Waals surface area contributed by atoms with Gasteiger partial charge < -0.3 is 15.4 Å². The van der Waals surface area contributed by atoms with Crippen LogP contribution in [0.2, 0.25) is 0 Å². The molecule has 1 aromatic carbocycles. The van der Waals surface area contributed by atoms with Gasteiger partial charge in [0.1, 0.15) is 0 Å². The summed E-state index contributed by atoms with van der Waals surface area (Å²) in [6.07, 6.45) is 3.59. The minimum Gasteiger partial charge on any atom is -0.381 e. The summed E-state index contributed by atoms with van der Waals surface area (Å²) in [5.74, 6) is 0.184. The van der Waals surface area contributed by atoms with Gasteiger partial charge >= 0.3 is 0 Å². The number of benzene rings is 1. The summed E-state index contributed by atoms with van der Waals surface area (Å²) in [6.45, 7) is 3.31. The average Bonchev–Trinajstić information content (AvgIpc) is 2.57. The number of hydrogen-bond donors (Lipinski definition) is 2. The van der Waals surface area contributed by atoms with Gasteiger partial charge in [0.05, 0.1) is 5.41 Å². The van der Waals surface area contributed by atoms with Crippen molar-refractivity contribution >= 4 is 5.91 Å². The first-order chi connectivity index (χ1) is 10.3. The molecule has 21 heavy (non-hydrogen) atoms. The van der Waals surface area contributed by atoms with Crippen LogP contribution < -0.4 is 10.6 Å². The molecule has 2 saturated heterocycles. The molecular weight excluding hydrogens is 264 g/mol. The number of ether oxygens (including phenoxy) is 1.